The van der Waals surface area contributed by atoms with Crippen molar-refractivity contribution in [3.05, 3.63) is 47.9 Å². The van der Waals surface area contributed by atoms with Crippen molar-refractivity contribution in [2.75, 3.05) is 6.61 Å². The van der Waals surface area contributed by atoms with E-state index in [1.165, 1.54) is 6.33 Å². The molecular weight excluding hydrogens is 364 g/mol. The van der Waals surface area contributed by atoms with Gasteiger partial charge in [-0.3, -0.25) is 0 Å². The Morgan fingerprint density at radius 3 is 2.96 bits per heavy atom. The fourth-order valence-corrected chi connectivity index (χ4v) is 4.21. The SMILES string of the molecule is C[C@H]1C[C@@H](n2c(Cn3cncn3)nc3c(Cl)nc4ccccc4c32)CCO1. The second kappa shape index (κ2) is 6.58. The maximum atomic E-state index is 6.52. The number of rotatable bonds is 3. The Morgan fingerprint density at radius 2 is 2.15 bits per heavy atom. The molecule has 2 atom stereocenters. The largest absolute Gasteiger partial charge is 0.378 e. The molecule has 8 heteroatoms. The zero-order valence-electron chi connectivity index (χ0n) is 14.9. The fourth-order valence-electron chi connectivity index (χ4n) is 3.98. The molecule has 1 saturated heterocycles. The highest BCUT2D eigenvalue weighted by Gasteiger charge is 2.27. The van der Waals surface area contributed by atoms with Crippen molar-refractivity contribution in [3.63, 3.8) is 0 Å². The average molecular weight is 383 g/mol. The zero-order chi connectivity index (χ0) is 18.4. The molecule has 1 aliphatic heterocycles. The van der Waals surface area contributed by atoms with Crippen LogP contribution in [0.2, 0.25) is 5.15 Å². The molecule has 0 N–H and O–H groups in total. The van der Waals surface area contributed by atoms with E-state index in [9.17, 15) is 0 Å². The summed E-state index contributed by atoms with van der Waals surface area (Å²) in [6, 6.07) is 8.37. The number of pyridine rings is 1. The molecule has 138 valence electrons. The van der Waals surface area contributed by atoms with Crippen LogP contribution in [-0.4, -0.2) is 42.0 Å². The first-order valence-corrected chi connectivity index (χ1v) is 9.47. The van der Waals surface area contributed by atoms with E-state index in [4.69, 9.17) is 21.3 Å². The lowest BCUT2D eigenvalue weighted by Crippen LogP contribution is -2.27. The molecule has 1 aliphatic rings. The number of benzene rings is 1. The third-order valence-electron chi connectivity index (χ3n) is 5.15. The standard InChI is InChI=1S/C19H19ClN6O/c1-12-8-13(6-7-27-12)26-16(9-25-11-21-10-22-25)24-17-18(26)14-4-2-3-5-15(14)23-19(17)20/h2-5,10-13H,6-9H2,1H3/t12-,13-/m0/s1. The van der Waals surface area contributed by atoms with Crippen LogP contribution in [-0.2, 0) is 11.3 Å². The summed E-state index contributed by atoms with van der Waals surface area (Å²) < 4.78 is 9.88. The highest BCUT2D eigenvalue weighted by molar-refractivity contribution is 6.35. The van der Waals surface area contributed by atoms with E-state index in [2.05, 4.69) is 32.6 Å². The molecular formula is C19H19ClN6O. The van der Waals surface area contributed by atoms with Gasteiger partial charge in [-0.1, -0.05) is 29.8 Å². The maximum absolute atomic E-state index is 6.52. The number of nitrogens with zero attached hydrogens (tertiary/aromatic N) is 6. The van der Waals surface area contributed by atoms with Gasteiger partial charge in [-0.2, -0.15) is 5.10 Å². The van der Waals surface area contributed by atoms with Crippen LogP contribution < -0.4 is 0 Å². The van der Waals surface area contributed by atoms with Gasteiger partial charge in [-0.05, 0) is 25.8 Å². The molecule has 27 heavy (non-hydrogen) atoms. The van der Waals surface area contributed by atoms with Gasteiger partial charge in [-0.25, -0.2) is 19.6 Å². The Bertz CT molecular complexity index is 1110. The summed E-state index contributed by atoms with van der Waals surface area (Å²) in [7, 11) is 0. The second-order valence-electron chi connectivity index (χ2n) is 6.97. The lowest BCUT2D eigenvalue weighted by molar-refractivity contribution is 0.00619. The lowest BCUT2D eigenvalue weighted by Gasteiger charge is -2.30. The third kappa shape index (κ3) is 2.87. The van der Waals surface area contributed by atoms with Gasteiger partial charge in [0.2, 0.25) is 0 Å². The van der Waals surface area contributed by atoms with E-state index < -0.39 is 0 Å². The van der Waals surface area contributed by atoms with E-state index in [0.29, 0.717) is 17.7 Å². The Hall–Kier alpha value is -2.51. The number of halogens is 1. The number of fused-ring (bicyclic) bond motifs is 3. The van der Waals surface area contributed by atoms with Crippen LogP contribution in [0.3, 0.4) is 0 Å². The summed E-state index contributed by atoms with van der Waals surface area (Å²) in [4.78, 5) is 13.5. The van der Waals surface area contributed by atoms with Gasteiger partial charge in [0, 0.05) is 18.0 Å². The number of aromatic nitrogens is 6. The number of imidazole rings is 1. The number of hydrogen-bond acceptors (Lipinski definition) is 5. The molecule has 4 heterocycles. The van der Waals surface area contributed by atoms with Crippen LogP contribution in [0.15, 0.2) is 36.9 Å². The van der Waals surface area contributed by atoms with E-state index in [1.54, 1.807) is 11.0 Å². The third-order valence-corrected chi connectivity index (χ3v) is 5.41. The molecule has 0 aliphatic carbocycles. The molecule has 3 aromatic heterocycles. The Morgan fingerprint density at radius 1 is 1.26 bits per heavy atom. The predicted octanol–water partition coefficient (Wildman–Crippen LogP) is 3.62. The molecule has 0 amide bonds. The molecule has 0 radical (unpaired) electrons. The minimum atomic E-state index is 0.212. The predicted molar refractivity (Wildman–Crippen MR) is 103 cm³/mol. The van der Waals surface area contributed by atoms with E-state index >= 15 is 0 Å². The summed E-state index contributed by atoms with van der Waals surface area (Å²) in [5.74, 6) is 0.912. The number of para-hydroxylation sites is 1. The molecule has 0 bridgehead atoms. The van der Waals surface area contributed by atoms with Crippen LogP contribution in [0.4, 0.5) is 0 Å². The lowest BCUT2D eigenvalue weighted by atomic mass is 10.0. The minimum Gasteiger partial charge on any atom is -0.378 e. The van der Waals surface area contributed by atoms with Gasteiger partial charge in [0.1, 0.15) is 30.5 Å². The van der Waals surface area contributed by atoms with Crippen molar-refractivity contribution < 1.29 is 4.74 Å². The van der Waals surface area contributed by atoms with Crippen LogP contribution in [0.25, 0.3) is 21.9 Å². The smallest absolute Gasteiger partial charge is 0.157 e. The van der Waals surface area contributed by atoms with Gasteiger partial charge < -0.3 is 9.30 Å². The van der Waals surface area contributed by atoms with Gasteiger partial charge in [0.25, 0.3) is 0 Å². The van der Waals surface area contributed by atoms with Crippen molar-refractivity contribution in [2.24, 2.45) is 0 Å². The summed E-state index contributed by atoms with van der Waals surface area (Å²) in [6.45, 7) is 3.39. The van der Waals surface area contributed by atoms with E-state index in [-0.39, 0.29) is 6.10 Å². The molecule has 5 rings (SSSR count). The first-order chi connectivity index (χ1) is 13.2. The highest BCUT2D eigenvalue weighted by Crippen LogP contribution is 2.36. The van der Waals surface area contributed by atoms with Gasteiger partial charge in [0.05, 0.1) is 17.1 Å². The molecule has 0 unspecified atom stereocenters. The Labute approximate surface area is 161 Å². The van der Waals surface area contributed by atoms with Crippen molar-refractivity contribution in [1.29, 1.82) is 0 Å². The van der Waals surface area contributed by atoms with Crippen molar-refractivity contribution >= 4 is 33.5 Å². The van der Waals surface area contributed by atoms with Crippen LogP contribution >= 0.6 is 11.6 Å². The molecule has 7 nitrogen and oxygen atoms in total. The summed E-state index contributed by atoms with van der Waals surface area (Å²) in [6.07, 6.45) is 5.32. The normalized spacial score (nSPS) is 20.5. The molecule has 4 aromatic rings. The number of ether oxygens (including phenoxy) is 1. The second-order valence-corrected chi connectivity index (χ2v) is 7.33. The van der Waals surface area contributed by atoms with E-state index in [1.807, 2.05) is 18.2 Å². The zero-order valence-corrected chi connectivity index (χ0v) is 15.7. The molecule has 1 aromatic carbocycles. The minimum absolute atomic E-state index is 0.212. The topological polar surface area (TPSA) is 70.7 Å². The highest BCUT2D eigenvalue weighted by atomic mass is 35.5. The van der Waals surface area contributed by atoms with Gasteiger partial charge in [-0.15, -0.1) is 0 Å². The van der Waals surface area contributed by atoms with Crippen molar-refractivity contribution in [2.45, 2.75) is 38.5 Å². The Balaban J connectivity index is 1.78. The van der Waals surface area contributed by atoms with Crippen LogP contribution in [0, 0.1) is 0 Å². The average Bonchev–Trinajstić information content (AvgIpc) is 3.30. The molecule has 0 spiro atoms. The van der Waals surface area contributed by atoms with Crippen molar-refractivity contribution in [3.8, 4) is 0 Å². The Kier molecular flexibility index (Phi) is 4.06. The number of hydrogen-bond donors (Lipinski definition) is 0. The summed E-state index contributed by atoms with van der Waals surface area (Å²) in [5, 5.41) is 5.74. The molecule has 1 fully saturated rings. The fraction of sp³-hybridized carbons (Fsp3) is 0.368. The first-order valence-electron chi connectivity index (χ1n) is 9.10. The monoisotopic (exact) mass is 382 g/mol. The quantitative estimate of drug-likeness (QED) is 0.506. The van der Waals surface area contributed by atoms with Gasteiger partial charge >= 0.3 is 0 Å². The van der Waals surface area contributed by atoms with Gasteiger partial charge in [0.15, 0.2) is 5.15 Å². The van der Waals surface area contributed by atoms with E-state index in [0.717, 1.165) is 47.2 Å². The summed E-state index contributed by atoms with van der Waals surface area (Å²) in [5.41, 5.74) is 2.66. The van der Waals surface area contributed by atoms with Crippen molar-refractivity contribution in [1.82, 2.24) is 29.3 Å². The summed E-state index contributed by atoms with van der Waals surface area (Å²) >= 11 is 6.52. The van der Waals surface area contributed by atoms with Crippen LogP contribution in [0.1, 0.15) is 31.6 Å². The first kappa shape index (κ1) is 16.6. The van der Waals surface area contributed by atoms with Crippen LogP contribution in [0.5, 0.6) is 0 Å². The maximum Gasteiger partial charge on any atom is 0.157 e. The molecule has 0 saturated carbocycles.